The fourth-order valence-corrected chi connectivity index (χ4v) is 2.25. The van der Waals surface area contributed by atoms with E-state index >= 15 is 0 Å². The first-order valence-electron chi connectivity index (χ1n) is 9.07. The molecule has 0 fully saturated rings. The first-order valence-corrected chi connectivity index (χ1v) is 9.07. The highest BCUT2D eigenvalue weighted by Crippen LogP contribution is 2.61. The summed E-state index contributed by atoms with van der Waals surface area (Å²) in [5, 5.41) is 0. The molecule has 0 aliphatic rings. The lowest BCUT2D eigenvalue weighted by Crippen LogP contribution is -2.70. The van der Waals surface area contributed by atoms with E-state index in [4.69, 9.17) is 0 Å². The van der Waals surface area contributed by atoms with Gasteiger partial charge < -0.3 is 4.74 Å². The summed E-state index contributed by atoms with van der Waals surface area (Å²) in [4.78, 5) is 0. The van der Waals surface area contributed by atoms with E-state index in [2.05, 4.69) is 4.74 Å². The second-order valence-electron chi connectivity index (χ2n) is 7.58. The highest BCUT2D eigenvalue weighted by atomic mass is 19.4. The third kappa shape index (κ3) is 5.67. The highest BCUT2D eigenvalue weighted by molar-refractivity contribution is 5.10. The maximum Gasteiger partial charge on any atom is 0.460 e. The molecule has 0 aliphatic carbocycles. The molecule has 0 heterocycles. The Kier molecular flexibility index (Phi) is 9.78. The highest BCUT2D eigenvalue weighted by Gasteiger charge is 2.91. The van der Waals surface area contributed by atoms with Crippen LogP contribution in [0.3, 0.4) is 0 Å². The summed E-state index contributed by atoms with van der Waals surface area (Å²) in [6, 6.07) is 0. The van der Waals surface area contributed by atoms with E-state index in [1.165, 1.54) is 0 Å². The Morgan fingerprint density at radius 1 is 0.325 bits per heavy atom. The van der Waals surface area contributed by atoms with E-state index in [-0.39, 0.29) is 0 Å². The summed E-state index contributed by atoms with van der Waals surface area (Å²) in [6.07, 6.45) is -20.6. The average Bonchev–Trinajstić information content (AvgIpc) is 2.70. The third-order valence-corrected chi connectivity index (χ3v) is 4.67. The average molecular weight is 660 g/mol. The van der Waals surface area contributed by atoms with Crippen LogP contribution in [0.5, 0.6) is 0 Å². The van der Waals surface area contributed by atoms with Crippen LogP contribution in [0.25, 0.3) is 0 Å². The molecule has 0 saturated heterocycles. The molecule has 1 nitrogen and oxygen atoms in total. The van der Waals surface area contributed by atoms with Gasteiger partial charge in [-0.3, -0.25) is 0 Å². The second-order valence-corrected chi connectivity index (χ2v) is 7.58. The van der Waals surface area contributed by atoms with E-state index in [1.807, 2.05) is 0 Å². The van der Waals surface area contributed by atoms with Gasteiger partial charge in [0.2, 0.25) is 0 Å². The van der Waals surface area contributed by atoms with E-state index in [0.717, 1.165) is 0 Å². The second kappa shape index (κ2) is 10.2. The van der Waals surface area contributed by atoms with Gasteiger partial charge in [-0.15, -0.1) is 0 Å². The minimum Gasteiger partial charge on any atom is -0.375 e. The molecule has 0 amide bonds. The predicted molar refractivity (Wildman–Crippen MR) is 76.7 cm³/mol. The zero-order chi connectivity index (χ0) is 33.0. The van der Waals surface area contributed by atoms with Crippen LogP contribution >= 0.6 is 0 Å². The standard InChI is InChI=1S/C15H8F24O/c16-5(17,7(20,21)9(24,25)11(28,29)13(32,33)15(37,38)39)2-1-3-40-4-6(18,19)8(22,23)10(26,27)12(30,31)14(34,35)36/h1-4H2. The van der Waals surface area contributed by atoms with Gasteiger partial charge in [0.1, 0.15) is 6.61 Å². The SMILES string of the molecule is FC(F)(F)C(F)(F)C(F)(F)C(F)(F)C(F)(F)COCCCC(F)(F)C(F)(F)C(F)(F)C(F)(F)C(F)(F)C(F)(F)F. The Morgan fingerprint density at radius 2 is 0.600 bits per heavy atom. The Labute approximate surface area is 203 Å². The number of alkyl halides is 24. The molecule has 25 heteroatoms. The molecule has 0 aromatic rings. The topological polar surface area (TPSA) is 9.23 Å². The molecule has 40 heavy (non-hydrogen) atoms. The summed E-state index contributed by atoms with van der Waals surface area (Å²) >= 11 is 0. The Hall–Kier alpha value is -1.72. The van der Waals surface area contributed by atoms with E-state index in [0.29, 0.717) is 0 Å². The van der Waals surface area contributed by atoms with Gasteiger partial charge in [-0.25, -0.2) is 0 Å². The third-order valence-electron chi connectivity index (χ3n) is 4.67. The number of halogens is 24. The van der Waals surface area contributed by atoms with E-state index < -0.39 is 91.7 Å². The predicted octanol–water partition coefficient (Wildman–Crippen LogP) is 8.63. The number of rotatable bonds is 13. The summed E-state index contributed by atoms with van der Waals surface area (Å²) in [6.45, 7) is -5.60. The minimum absolute atomic E-state index is 2.21. The lowest BCUT2D eigenvalue weighted by molar-refractivity contribution is -0.440. The van der Waals surface area contributed by atoms with Gasteiger partial charge >= 0.3 is 65.7 Å². The van der Waals surface area contributed by atoms with Gasteiger partial charge in [0.05, 0.1) is 0 Å². The Balaban J connectivity index is 5.67. The first kappa shape index (κ1) is 38.3. The van der Waals surface area contributed by atoms with Gasteiger partial charge in [-0.1, -0.05) is 0 Å². The molecule has 242 valence electrons. The molecule has 0 bridgehead atoms. The normalized spacial score (nSPS) is 16.5. The molecule has 0 atom stereocenters. The van der Waals surface area contributed by atoms with Crippen molar-refractivity contribution in [2.75, 3.05) is 13.2 Å². The van der Waals surface area contributed by atoms with Gasteiger partial charge in [0.15, 0.2) is 0 Å². The smallest absolute Gasteiger partial charge is 0.375 e. The quantitative estimate of drug-likeness (QED) is 0.142. The molecule has 0 aromatic heterocycles. The van der Waals surface area contributed by atoms with Crippen LogP contribution < -0.4 is 0 Å². The first-order chi connectivity index (χ1) is 17.0. The Morgan fingerprint density at radius 3 is 0.925 bits per heavy atom. The molecule has 0 radical (unpaired) electrons. The van der Waals surface area contributed by atoms with Gasteiger partial charge in [0, 0.05) is 13.0 Å². The molecule has 0 aliphatic heterocycles. The zero-order valence-electron chi connectivity index (χ0n) is 17.8. The van der Waals surface area contributed by atoms with Crippen LogP contribution in [0.15, 0.2) is 0 Å². The zero-order valence-corrected chi connectivity index (χ0v) is 17.8. The van der Waals surface area contributed by atoms with Crippen LogP contribution in [0.1, 0.15) is 12.8 Å². The number of ether oxygens (including phenoxy) is 1. The lowest BCUT2D eigenvalue weighted by Gasteiger charge is -2.39. The van der Waals surface area contributed by atoms with Crippen LogP contribution in [0.4, 0.5) is 105 Å². The van der Waals surface area contributed by atoms with Crippen molar-refractivity contribution in [3.63, 3.8) is 0 Å². The van der Waals surface area contributed by atoms with E-state index in [1.54, 1.807) is 0 Å². The summed E-state index contributed by atoms with van der Waals surface area (Å²) < 4.78 is 311. The molecule has 0 spiro atoms. The van der Waals surface area contributed by atoms with Crippen LogP contribution in [0, 0.1) is 0 Å². The van der Waals surface area contributed by atoms with Crippen LogP contribution in [-0.2, 0) is 4.74 Å². The summed E-state index contributed by atoms with van der Waals surface area (Å²) in [5.41, 5.74) is 0. The van der Waals surface area contributed by atoms with Gasteiger partial charge in [0.25, 0.3) is 0 Å². The van der Waals surface area contributed by atoms with Crippen molar-refractivity contribution in [3.05, 3.63) is 0 Å². The molecule has 0 saturated carbocycles. The minimum atomic E-state index is -8.28. The number of hydrogen-bond donors (Lipinski definition) is 0. The molecule has 0 N–H and O–H groups in total. The fraction of sp³-hybridized carbons (Fsp3) is 1.00. The number of hydrogen-bond acceptors (Lipinski definition) is 1. The van der Waals surface area contributed by atoms with Gasteiger partial charge in [-0.2, -0.15) is 105 Å². The van der Waals surface area contributed by atoms with E-state index in [9.17, 15) is 105 Å². The molecule has 0 aromatic carbocycles. The van der Waals surface area contributed by atoms with Gasteiger partial charge in [-0.05, 0) is 6.42 Å². The monoisotopic (exact) mass is 660 g/mol. The lowest BCUT2D eigenvalue weighted by atomic mass is 9.92. The van der Waals surface area contributed by atoms with Crippen LogP contribution in [-0.4, -0.2) is 78.9 Å². The van der Waals surface area contributed by atoms with Crippen LogP contribution in [0.2, 0.25) is 0 Å². The molecule has 0 rings (SSSR count). The van der Waals surface area contributed by atoms with Crippen molar-refractivity contribution >= 4 is 0 Å². The molecular formula is C15H8F24O. The van der Waals surface area contributed by atoms with Crippen molar-refractivity contribution in [3.8, 4) is 0 Å². The molecule has 0 unspecified atom stereocenters. The summed E-state index contributed by atoms with van der Waals surface area (Å²) in [7, 11) is 0. The summed E-state index contributed by atoms with van der Waals surface area (Å²) in [5.74, 6) is -69.3. The molecular weight excluding hydrogens is 652 g/mol. The maximum absolute atomic E-state index is 13.5. The van der Waals surface area contributed by atoms with Crippen molar-refractivity contribution in [2.45, 2.75) is 78.5 Å². The van der Waals surface area contributed by atoms with Crippen molar-refractivity contribution in [2.24, 2.45) is 0 Å². The van der Waals surface area contributed by atoms with Crippen molar-refractivity contribution in [1.82, 2.24) is 0 Å². The van der Waals surface area contributed by atoms with Crippen molar-refractivity contribution < 1.29 is 110 Å². The maximum atomic E-state index is 13.5. The fourth-order valence-electron chi connectivity index (χ4n) is 2.25. The largest absolute Gasteiger partial charge is 0.460 e. The van der Waals surface area contributed by atoms with Crippen molar-refractivity contribution in [1.29, 1.82) is 0 Å². The Bertz CT molecular complexity index is 862.